The molecule has 0 spiro atoms. The molecule has 2 aromatic carbocycles. The second kappa shape index (κ2) is 8.16. The van der Waals surface area contributed by atoms with Gasteiger partial charge >= 0.3 is 0 Å². The molecule has 3 aromatic heterocycles. The van der Waals surface area contributed by atoms with E-state index in [-0.39, 0.29) is 0 Å². The van der Waals surface area contributed by atoms with Gasteiger partial charge in [0.1, 0.15) is 11.5 Å². The lowest BCUT2D eigenvalue weighted by molar-refractivity contribution is 0.430. The number of halogens is 1. The second-order valence-corrected chi connectivity index (χ2v) is 8.33. The van der Waals surface area contributed by atoms with E-state index in [9.17, 15) is 0 Å². The van der Waals surface area contributed by atoms with Crippen LogP contribution in [0.25, 0.3) is 34.4 Å². The van der Waals surface area contributed by atoms with Crippen molar-refractivity contribution in [3.8, 4) is 34.4 Å². The Labute approximate surface area is 192 Å². The van der Waals surface area contributed by atoms with E-state index in [0.717, 1.165) is 32.7 Å². The maximum Gasteiger partial charge on any atom is 0.280 e. The maximum atomic E-state index is 5.89. The molecule has 8 nitrogen and oxygen atoms in total. The van der Waals surface area contributed by atoms with Crippen molar-refractivity contribution in [2.75, 3.05) is 0 Å². The molecule has 160 valence electrons. The number of benzene rings is 2. The molecule has 0 radical (unpaired) electrons. The Kier molecular flexibility index (Phi) is 5.18. The van der Waals surface area contributed by atoms with Gasteiger partial charge in [0.2, 0.25) is 11.7 Å². The molecule has 5 rings (SSSR count). The van der Waals surface area contributed by atoms with Gasteiger partial charge in [-0.05, 0) is 45.0 Å². The number of nitrogens with zero attached hydrogens (tertiary/aromatic N) is 6. The van der Waals surface area contributed by atoms with E-state index in [1.54, 1.807) is 4.68 Å². The first-order chi connectivity index (χ1) is 15.5. The van der Waals surface area contributed by atoms with Gasteiger partial charge < -0.3 is 8.94 Å². The summed E-state index contributed by atoms with van der Waals surface area (Å²) in [7, 11) is 0. The van der Waals surface area contributed by atoms with Gasteiger partial charge in [-0.15, -0.1) is 5.10 Å². The van der Waals surface area contributed by atoms with Gasteiger partial charge in [0.15, 0.2) is 5.69 Å². The summed E-state index contributed by atoms with van der Waals surface area (Å²) in [5, 5.41) is 12.6. The smallest absolute Gasteiger partial charge is 0.280 e. The van der Waals surface area contributed by atoms with Crippen molar-refractivity contribution >= 4 is 15.9 Å². The summed E-state index contributed by atoms with van der Waals surface area (Å²) in [6, 6.07) is 15.8. The van der Waals surface area contributed by atoms with Crippen LogP contribution in [0.3, 0.4) is 0 Å². The lowest BCUT2D eigenvalue weighted by Gasteiger charge is -2.00. The van der Waals surface area contributed by atoms with Crippen molar-refractivity contribution in [2.24, 2.45) is 0 Å². The summed E-state index contributed by atoms with van der Waals surface area (Å²) < 4.78 is 14.0. The lowest BCUT2D eigenvalue weighted by atomic mass is 10.1. The van der Waals surface area contributed by atoms with Crippen LogP contribution in [0.2, 0.25) is 0 Å². The molecule has 0 aliphatic carbocycles. The third-order valence-electron chi connectivity index (χ3n) is 5.22. The fourth-order valence-corrected chi connectivity index (χ4v) is 3.78. The molecule has 0 atom stereocenters. The average molecular weight is 491 g/mol. The van der Waals surface area contributed by atoms with Crippen LogP contribution in [-0.4, -0.2) is 30.1 Å². The predicted molar refractivity (Wildman–Crippen MR) is 122 cm³/mol. The zero-order valence-corrected chi connectivity index (χ0v) is 19.3. The van der Waals surface area contributed by atoms with E-state index in [4.69, 9.17) is 8.94 Å². The molecule has 0 unspecified atom stereocenters. The lowest BCUT2D eigenvalue weighted by Crippen LogP contribution is -2.05. The van der Waals surface area contributed by atoms with Crippen LogP contribution in [0.5, 0.6) is 0 Å². The summed E-state index contributed by atoms with van der Waals surface area (Å²) in [6.07, 6.45) is 0. The molecule has 32 heavy (non-hydrogen) atoms. The highest BCUT2D eigenvalue weighted by Crippen LogP contribution is 2.28. The molecule has 0 saturated heterocycles. The quantitative estimate of drug-likeness (QED) is 0.326. The largest absolute Gasteiger partial charge is 0.441 e. The first-order valence-electron chi connectivity index (χ1n) is 10.0. The topological polar surface area (TPSA) is 95.7 Å². The van der Waals surface area contributed by atoms with Gasteiger partial charge in [-0.2, -0.15) is 4.98 Å². The Hall–Kier alpha value is -3.59. The van der Waals surface area contributed by atoms with E-state index in [0.29, 0.717) is 29.8 Å². The Morgan fingerprint density at radius 3 is 2.50 bits per heavy atom. The monoisotopic (exact) mass is 490 g/mol. The van der Waals surface area contributed by atoms with E-state index in [1.165, 1.54) is 5.56 Å². The number of hydrogen-bond donors (Lipinski definition) is 0. The molecule has 0 fully saturated rings. The van der Waals surface area contributed by atoms with Crippen molar-refractivity contribution in [3.05, 3.63) is 75.7 Å². The van der Waals surface area contributed by atoms with E-state index in [1.807, 2.05) is 69.3 Å². The highest BCUT2D eigenvalue weighted by Gasteiger charge is 2.20. The van der Waals surface area contributed by atoms with Crippen LogP contribution in [0, 0.1) is 20.8 Å². The SMILES string of the molecule is Cc1ccc(-c2nc(Cn3nnc(-c4nc(-c5ccccc5Br)no4)c3C)c(C)o2)cc1. The van der Waals surface area contributed by atoms with Crippen LogP contribution in [0.4, 0.5) is 0 Å². The summed E-state index contributed by atoms with van der Waals surface area (Å²) >= 11 is 3.51. The number of rotatable bonds is 5. The summed E-state index contributed by atoms with van der Waals surface area (Å²) in [4.78, 5) is 9.17. The first kappa shape index (κ1) is 20.3. The van der Waals surface area contributed by atoms with Crippen LogP contribution >= 0.6 is 15.9 Å². The summed E-state index contributed by atoms with van der Waals surface area (Å²) in [5.41, 5.74) is 5.09. The zero-order valence-electron chi connectivity index (χ0n) is 17.7. The number of oxazole rings is 1. The van der Waals surface area contributed by atoms with Crippen molar-refractivity contribution in [1.82, 2.24) is 30.1 Å². The van der Waals surface area contributed by atoms with Gasteiger partial charge in [-0.25, -0.2) is 9.67 Å². The third-order valence-corrected chi connectivity index (χ3v) is 5.91. The molecule has 0 aliphatic rings. The van der Waals surface area contributed by atoms with E-state index < -0.39 is 0 Å². The standard InChI is InChI=1S/C23H19BrN6O2/c1-13-8-10-16(11-9-13)22-25-19(15(3)31-22)12-30-14(2)20(27-29-30)23-26-21(28-32-23)17-6-4-5-7-18(17)24/h4-11H,12H2,1-3H3. The van der Waals surface area contributed by atoms with E-state index in [2.05, 4.69) is 41.4 Å². The minimum Gasteiger partial charge on any atom is -0.441 e. The molecule has 3 heterocycles. The third kappa shape index (κ3) is 3.75. The minimum atomic E-state index is 0.316. The molecular weight excluding hydrogens is 472 g/mol. The Balaban J connectivity index is 1.41. The van der Waals surface area contributed by atoms with Crippen LogP contribution in [0.15, 0.2) is 61.9 Å². The normalized spacial score (nSPS) is 11.2. The average Bonchev–Trinajstić information content (AvgIpc) is 3.49. The van der Waals surface area contributed by atoms with Crippen molar-refractivity contribution in [3.63, 3.8) is 0 Å². The fourth-order valence-electron chi connectivity index (χ4n) is 3.32. The van der Waals surface area contributed by atoms with Gasteiger partial charge in [0.25, 0.3) is 5.89 Å². The van der Waals surface area contributed by atoms with Crippen molar-refractivity contribution in [2.45, 2.75) is 27.3 Å². The molecule has 0 saturated carbocycles. The molecular formula is C23H19BrN6O2. The Morgan fingerprint density at radius 1 is 0.938 bits per heavy atom. The second-order valence-electron chi connectivity index (χ2n) is 7.47. The Bertz CT molecular complexity index is 1400. The van der Waals surface area contributed by atoms with Crippen LogP contribution in [0.1, 0.15) is 22.7 Å². The van der Waals surface area contributed by atoms with Gasteiger partial charge in [-0.3, -0.25) is 0 Å². The highest BCUT2D eigenvalue weighted by molar-refractivity contribution is 9.10. The minimum absolute atomic E-state index is 0.316. The van der Waals surface area contributed by atoms with Gasteiger partial charge in [0, 0.05) is 15.6 Å². The summed E-state index contributed by atoms with van der Waals surface area (Å²) in [6.45, 7) is 6.28. The van der Waals surface area contributed by atoms with Crippen LogP contribution in [-0.2, 0) is 6.54 Å². The fraction of sp³-hybridized carbons (Fsp3) is 0.174. The number of aryl methyl sites for hydroxylation is 2. The zero-order chi connectivity index (χ0) is 22.2. The van der Waals surface area contributed by atoms with Gasteiger partial charge in [0.05, 0.1) is 12.2 Å². The number of hydrogen-bond acceptors (Lipinski definition) is 7. The van der Waals surface area contributed by atoms with Crippen molar-refractivity contribution < 1.29 is 8.94 Å². The molecule has 5 aromatic rings. The summed E-state index contributed by atoms with van der Waals surface area (Å²) in [5.74, 6) is 2.13. The maximum absolute atomic E-state index is 5.89. The molecule has 0 aliphatic heterocycles. The number of aromatic nitrogens is 6. The molecule has 0 N–H and O–H groups in total. The molecule has 0 amide bonds. The molecule has 0 bridgehead atoms. The predicted octanol–water partition coefficient (Wildman–Crippen LogP) is 5.39. The first-order valence-corrected chi connectivity index (χ1v) is 10.8. The van der Waals surface area contributed by atoms with Gasteiger partial charge in [-0.1, -0.05) is 56.1 Å². The molecule has 9 heteroatoms. The van der Waals surface area contributed by atoms with E-state index >= 15 is 0 Å². The Morgan fingerprint density at radius 2 is 1.72 bits per heavy atom. The van der Waals surface area contributed by atoms with Crippen LogP contribution < -0.4 is 0 Å². The highest BCUT2D eigenvalue weighted by atomic mass is 79.9. The van der Waals surface area contributed by atoms with Crippen molar-refractivity contribution in [1.29, 1.82) is 0 Å².